The largest absolute Gasteiger partial charge is 0.481 e. The number of benzene rings is 1. The molecule has 2 saturated heterocycles. The lowest BCUT2D eigenvalue weighted by Crippen LogP contribution is -2.65. The first-order chi connectivity index (χ1) is 16.4. The fraction of sp³-hybridized carbons (Fsp3) is 0.478. The Bertz CT molecular complexity index is 1180. The van der Waals surface area contributed by atoms with E-state index in [1.807, 2.05) is 0 Å². The van der Waals surface area contributed by atoms with Crippen molar-refractivity contribution in [1.29, 1.82) is 0 Å². The summed E-state index contributed by atoms with van der Waals surface area (Å²) in [6, 6.07) is 5.81. The number of aliphatic carboxylic acids is 1. The van der Waals surface area contributed by atoms with Crippen molar-refractivity contribution < 1.29 is 37.1 Å². The number of carboxylic acids is 1. The van der Waals surface area contributed by atoms with Gasteiger partial charge in [-0.05, 0) is 30.5 Å². The average molecular weight is 494 g/mol. The van der Waals surface area contributed by atoms with Crippen molar-refractivity contribution in [3.8, 4) is 0 Å². The summed E-state index contributed by atoms with van der Waals surface area (Å²) >= 11 is 0. The molecule has 5 rings (SSSR count). The quantitative estimate of drug-likeness (QED) is 0.645. The first kappa shape index (κ1) is 23.3. The van der Waals surface area contributed by atoms with Crippen molar-refractivity contribution in [3.63, 3.8) is 0 Å². The molecule has 0 unspecified atom stereocenters. The highest BCUT2D eigenvalue weighted by molar-refractivity contribution is 5.95. The predicted octanol–water partition coefficient (Wildman–Crippen LogP) is 2.40. The summed E-state index contributed by atoms with van der Waals surface area (Å²) in [5.41, 5.74) is -2.33. The average Bonchev–Trinajstić information content (AvgIpc) is 3.31. The molecule has 1 N–H and O–H groups in total. The summed E-state index contributed by atoms with van der Waals surface area (Å²) in [6.07, 6.45) is -2.29. The van der Waals surface area contributed by atoms with Gasteiger partial charge >= 0.3 is 12.1 Å². The number of carboxylic acid groups (broad SMARTS) is 1. The van der Waals surface area contributed by atoms with E-state index in [-0.39, 0.29) is 50.4 Å². The topological polar surface area (TPSA) is 95.7 Å². The molecular formula is C23H22F4N4O4. The molecular weight excluding hydrogens is 472 g/mol. The molecule has 1 aliphatic carbocycles. The fourth-order valence-corrected chi connectivity index (χ4v) is 5.21. The Kier molecular flexibility index (Phi) is 5.19. The van der Waals surface area contributed by atoms with E-state index in [0.717, 1.165) is 10.5 Å². The molecule has 3 aliphatic rings. The molecule has 0 bridgehead atoms. The lowest BCUT2D eigenvalue weighted by Gasteiger charge is -2.50. The highest BCUT2D eigenvalue weighted by Crippen LogP contribution is 2.60. The highest BCUT2D eigenvalue weighted by atomic mass is 19.4. The molecule has 8 nitrogen and oxygen atoms in total. The lowest BCUT2D eigenvalue weighted by atomic mass is 9.71. The van der Waals surface area contributed by atoms with Gasteiger partial charge in [0.05, 0.1) is 24.2 Å². The molecule has 186 valence electrons. The van der Waals surface area contributed by atoms with E-state index < -0.39 is 40.7 Å². The van der Waals surface area contributed by atoms with Crippen LogP contribution in [0.4, 0.5) is 17.6 Å². The Morgan fingerprint density at radius 3 is 2.26 bits per heavy atom. The molecule has 1 spiro atoms. The minimum absolute atomic E-state index is 0.0226. The molecule has 2 aromatic rings. The number of nitrogens with zero attached hydrogens (tertiary/aromatic N) is 4. The van der Waals surface area contributed by atoms with Crippen molar-refractivity contribution in [2.75, 3.05) is 26.2 Å². The van der Waals surface area contributed by atoms with Crippen LogP contribution >= 0.6 is 0 Å². The van der Waals surface area contributed by atoms with Crippen molar-refractivity contribution >= 4 is 17.8 Å². The van der Waals surface area contributed by atoms with Gasteiger partial charge in [0.2, 0.25) is 5.91 Å². The second kappa shape index (κ2) is 7.79. The van der Waals surface area contributed by atoms with Crippen molar-refractivity contribution in [2.45, 2.75) is 25.6 Å². The normalized spacial score (nSPS) is 22.2. The number of carbonyl (C=O) groups excluding carboxylic acids is 2. The third-order valence-corrected chi connectivity index (χ3v) is 7.37. The van der Waals surface area contributed by atoms with Gasteiger partial charge in [0, 0.05) is 37.8 Å². The number of alkyl halides is 3. The van der Waals surface area contributed by atoms with Gasteiger partial charge < -0.3 is 14.9 Å². The molecule has 12 heteroatoms. The van der Waals surface area contributed by atoms with Gasteiger partial charge in [0.15, 0.2) is 0 Å². The van der Waals surface area contributed by atoms with Crippen LogP contribution in [0.25, 0.3) is 0 Å². The summed E-state index contributed by atoms with van der Waals surface area (Å²) in [5, 5.41) is 13.9. The van der Waals surface area contributed by atoms with E-state index in [9.17, 15) is 37.1 Å². The number of rotatable bonds is 5. The van der Waals surface area contributed by atoms with Crippen molar-refractivity contribution in [2.24, 2.45) is 16.7 Å². The van der Waals surface area contributed by atoms with E-state index in [4.69, 9.17) is 0 Å². The summed E-state index contributed by atoms with van der Waals surface area (Å²) in [5.74, 6) is -3.98. The molecule has 2 aliphatic heterocycles. The Morgan fingerprint density at radius 2 is 1.69 bits per heavy atom. The van der Waals surface area contributed by atoms with Crippen LogP contribution in [0.3, 0.4) is 0 Å². The monoisotopic (exact) mass is 494 g/mol. The number of amides is 2. The number of carbonyl (C=O) groups is 3. The third kappa shape index (κ3) is 3.84. The van der Waals surface area contributed by atoms with Crippen LogP contribution in [0, 0.1) is 22.6 Å². The van der Waals surface area contributed by atoms with E-state index in [0.29, 0.717) is 6.54 Å². The molecule has 35 heavy (non-hydrogen) atoms. The van der Waals surface area contributed by atoms with E-state index in [1.54, 1.807) is 12.1 Å². The van der Waals surface area contributed by atoms with Gasteiger partial charge in [-0.15, -0.1) is 0 Å². The van der Waals surface area contributed by atoms with Crippen LogP contribution < -0.4 is 0 Å². The van der Waals surface area contributed by atoms with Gasteiger partial charge in [-0.1, -0.05) is 12.1 Å². The summed E-state index contributed by atoms with van der Waals surface area (Å²) in [4.78, 5) is 40.0. The van der Waals surface area contributed by atoms with Crippen LogP contribution in [0.1, 0.15) is 28.8 Å². The molecule has 1 saturated carbocycles. The number of likely N-dealkylation sites (tertiary alicyclic amines) is 2. The van der Waals surface area contributed by atoms with Gasteiger partial charge in [0.25, 0.3) is 5.91 Å². The van der Waals surface area contributed by atoms with E-state index in [2.05, 4.69) is 5.10 Å². The van der Waals surface area contributed by atoms with Crippen LogP contribution in [0.15, 0.2) is 36.7 Å². The summed E-state index contributed by atoms with van der Waals surface area (Å²) in [7, 11) is 0. The molecule has 2 amide bonds. The van der Waals surface area contributed by atoms with E-state index >= 15 is 0 Å². The molecule has 0 radical (unpaired) electrons. The van der Waals surface area contributed by atoms with Gasteiger partial charge in [0.1, 0.15) is 11.2 Å². The SMILES string of the molecule is O=C(O)[C@@H]1CN(C(=O)c2cnn(Cc3ccc(F)cc3)c2)CC12CN(C(=O)C1(C(F)(F)F)CC1)C2. The highest BCUT2D eigenvalue weighted by Gasteiger charge is 2.71. The number of aromatic nitrogens is 2. The number of hydrogen-bond donors (Lipinski definition) is 1. The zero-order valence-corrected chi connectivity index (χ0v) is 18.5. The summed E-state index contributed by atoms with van der Waals surface area (Å²) < 4.78 is 54.6. The Morgan fingerprint density at radius 1 is 1.06 bits per heavy atom. The Balaban J connectivity index is 1.27. The van der Waals surface area contributed by atoms with Gasteiger partial charge in [-0.25, -0.2) is 4.39 Å². The lowest BCUT2D eigenvalue weighted by molar-refractivity contribution is -0.206. The zero-order chi connectivity index (χ0) is 25.2. The maximum Gasteiger partial charge on any atom is 0.403 e. The Labute approximate surface area is 197 Å². The van der Waals surface area contributed by atoms with Gasteiger partial charge in [-0.3, -0.25) is 19.1 Å². The maximum atomic E-state index is 13.3. The summed E-state index contributed by atoms with van der Waals surface area (Å²) in [6.45, 7) is -0.0474. The number of halogens is 4. The molecule has 1 atom stereocenters. The van der Waals surface area contributed by atoms with E-state index in [1.165, 1.54) is 34.1 Å². The van der Waals surface area contributed by atoms with Crippen LogP contribution in [0.2, 0.25) is 0 Å². The molecule has 1 aromatic carbocycles. The van der Waals surface area contributed by atoms with Gasteiger partial charge in [-0.2, -0.15) is 18.3 Å². The molecule has 3 fully saturated rings. The maximum absolute atomic E-state index is 13.3. The van der Waals surface area contributed by atoms with Crippen molar-refractivity contribution in [3.05, 3.63) is 53.6 Å². The first-order valence-electron chi connectivity index (χ1n) is 11.1. The first-order valence-corrected chi connectivity index (χ1v) is 11.1. The second-order valence-corrected chi connectivity index (χ2v) is 9.73. The smallest absolute Gasteiger partial charge is 0.403 e. The minimum Gasteiger partial charge on any atom is -0.481 e. The van der Waals surface area contributed by atoms with Crippen molar-refractivity contribution in [1.82, 2.24) is 19.6 Å². The van der Waals surface area contributed by atoms with Crippen LogP contribution in [-0.2, 0) is 16.1 Å². The zero-order valence-electron chi connectivity index (χ0n) is 18.5. The van der Waals surface area contributed by atoms with Crippen LogP contribution in [-0.4, -0.2) is 74.8 Å². The number of hydrogen-bond acceptors (Lipinski definition) is 4. The third-order valence-electron chi connectivity index (χ3n) is 7.37. The molecule has 1 aromatic heterocycles. The second-order valence-electron chi connectivity index (χ2n) is 9.73. The fourth-order valence-electron chi connectivity index (χ4n) is 5.21. The Hall–Kier alpha value is -3.44. The molecule has 3 heterocycles. The standard InChI is InChI=1S/C23H22F4N4O4/c24-16-3-1-14(2-4-16)8-31-9-15(7-28-31)18(32)29-10-17(19(33)34)21(11-29)12-30(13-21)20(35)22(5-6-22)23(25,26)27/h1-4,7,9,17H,5-6,8,10-13H2,(H,33,34)/t17-/m0/s1. The van der Waals surface area contributed by atoms with Crippen LogP contribution in [0.5, 0.6) is 0 Å². The minimum atomic E-state index is -4.63. The predicted molar refractivity (Wildman–Crippen MR) is 111 cm³/mol.